The lowest BCUT2D eigenvalue weighted by Crippen LogP contribution is -2.25. The number of benzene rings is 1. The summed E-state index contributed by atoms with van der Waals surface area (Å²) in [5, 5.41) is 3.33. The van der Waals surface area contributed by atoms with Gasteiger partial charge in [0.1, 0.15) is 10.5 Å². The Labute approximate surface area is 111 Å². The van der Waals surface area contributed by atoms with Gasteiger partial charge in [-0.3, -0.25) is 0 Å². The highest BCUT2D eigenvalue weighted by Gasteiger charge is 2.14. The van der Waals surface area contributed by atoms with Gasteiger partial charge in [0.15, 0.2) is 0 Å². The molecule has 18 heavy (non-hydrogen) atoms. The summed E-state index contributed by atoms with van der Waals surface area (Å²) in [6.45, 7) is 3.91. The lowest BCUT2D eigenvalue weighted by atomic mass is 10.1. The van der Waals surface area contributed by atoms with Gasteiger partial charge >= 0.3 is 0 Å². The van der Waals surface area contributed by atoms with E-state index in [0.29, 0.717) is 4.64 Å². The van der Waals surface area contributed by atoms with Crippen molar-refractivity contribution in [2.45, 2.75) is 19.9 Å². The van der Waals surface area contributed by atoms with Crippen LogP contribution in [0.15, 0.2) is 24.3 Å². The molecule has 0 saturated carbocycles. The monoisotopic (exact) mass is 257 g/mol. The van der Waals surface area contributed by atoms with E-state index in [9.17, 15) is 0 Å². The predicted octanol–water partition coefficient (Wildman–Crippen LogP) is 2.76. The van der Waals surface area contributed by atoms with Crippen LogP contribution in [0, 0.1) is 11.6 Å². The number of fused-ring (bicyclic) bond motifs is 1. The fourth-order valence-electron chi connectivity index (χ4n) is 2.33. The third-order valence-electron chi connectivity index (χ3n) is 3.36. The summed E-state index contributed by atoms with van der Waals surface area (Å²) in [5.41, 5.74) is 4.72. The van der Waals surface area contributed by atoms with Gasteiger partial charge in [0.25, 0.3) is 0 Å². The van der Waals surface area contributed by atoms with Gasteiger partial charge in [-0.05, 0) is 12.5 Å². The molecule has 0 bridgehead atoms. The van der Waals surface area contributed by atoms with Crippen molar-refractivity contribution < 1.29 is 0 Å². The molecule has 1 aromatic heterocycles. The molecule has 3 rings (SSSR count). The minimum Gasteiger partial charge on any atom is -0.343 e. The molecule has 92 valence electrons. The summed E-state index contributed by atoms with van der Waals surface area (Å²) >= 11 is 5.40. The van der Waals surface area contributed by atoms with Crippen molar-refractivity contribution in [1.82, 2.24) is 15.3 Å². The molecule has 0 saturated heterocycles. The first-order chi connectivity index (χ1) is 8.75. The van der Waals surface area contributed by atoms with Crippen LogP contribution in [-0.4, -0.2) is 16.5 Å². The van der Waals surface area contributed by atoms with Crippen LogP contribution < -0.4 is 5.32 Å². The van der Waals surface area contributed by atoms with Gasteiger partial charge in [-0.1, -0.05) is 36.5 Å². The van der Waals surface area contributed by atoms with Crippen LogP contribution in [0.4, 0.5) is 0 Å². The van der Waals surface area contributed by atoms with E-state index >= 15 is 0 Å². The summed E-state index contributed by atoms with van der Waals surface area (Å²) in [4.78, 5) is 7.98. The third kappa shape index (κ3) is 1.98. The van der Waals surface area contributed by atoms with Crippen LogP contribution in [0.3, 0.4) is 0 Å². The van der Waals surface area contributed by atoms with Gasteiger partial charge < -0.3 is 10.3 Å². The maximum atomic E-state index is 5.40. The van der Waals surface area contributed by atoms with Gasteiger partial charge in [0.2, 0.25) is 0 Å². The van der Waals surface area contributed by atoms with Gasteiger partial charge in [0, 0.05) is 36.3 Å². The van der Waals surface area contributed by atoms with E-state index < -0.39 is 0 Å². The zero-order chi connectivity index (χ0) is 12.5. The molecule has 0 atom stereocenters. The fourth-order valence-corrected chi connectivity index (χ4v) is 2.62. The zero-order valence-corrected chi connectivity index (χ0v) is 11.1. The van der Waals surface area contributed by atoms with Crippen LogP contribution in [0.1, 0.15) is 16.8 Å². The number of hydrogen-bond acceptors (Lipinski definition) is 3. The molecule has 0 spiro atoms. The Hall–Kier alpha value is -1.52. The number of aromatic nitrogens is 2. The van der Waals surface area contributed by atoms with Crippen molar-refractivity contribution in [2.24, 2.45) is 0 Å². The summed E-state index contributed by atoms with van der Waals surface area (Å²) in [6, 6.07) is 8.24. The standard InChI is InChI=1S/C14H15N3S/c1-9-4-2-3-5-10(9)13-16-12-6-7-15-8-11(12)14(18)17-13/h2-5,15H,6-8H2,1H3,(H,16,17,18). The molecule has 2 aromatic rings. The second-order valence-corrected chi connectivity index (χ2v) is 4.98. The van der Waals surface area contributed by atoms with Crippen molar-refractivity contribution in [2.75, 3.05) is 6.54 Å². The summed E-state index contributed by atoms with van der Waals surface area (Å²) in [5.74, 6) is 0.888. The number of aryl methyl sites for hydroxylation is 1. The molecule has 1 aromatic carbocycles. The summed E-state index contributed by atoms with van der Waals surface area (Å²) < 4.78 is 0.717. The Morgan fingerprint density at radius 3 is 2.94 bits per heavy atom. The van der Waals surface area contributed by atoms with E-state index in [1.807, 2.05) is 12.1 Å². The number of rotatable bonds is 1. The molecule has 1 aliphatic rings. The molecule has 0 aliphatic carbocycles. The molecular formula is C14H15N3S. The van der Waals surface area contributed by atoms with Crippen LogP contribution in [0.5, 0.6) is 0 Å². The number of aromatic amines is 1. The highest BCUT2D eigenvalue weighted by molar-refractivity contribution is 7.71. The molecule has 0 radical (unpaired) electrons. The van der Waals surface area contributed by atoms with Gasteiger partial charge in [-0.15, -0.1) is 0 Å². The number of nitrogens with one attached hydrogen (secondary N) is 2. The van der Waals surface area contributed by atoms with E-state index in [0.717, 1.165) is 36.5 Å². The molecular weight excluding hydrogens is 242 g/mol. The average Bonchev–Trinajstić information content (AvgIpc) is 2.39. The highest BCUT2D eigenvalue weighted by atomic mass is 32.1. The van der Waals surface area contributed by atoms with Crippen molar-refractivity contribution in [3.05, 3.63) is 45.7 Å². The van der Waals surface area contributed by atoms with E-state index in [1.54, 1.807) is 0 Å². The molecule has 0 fully saturated rings. The number of H-pyrrole nitrogens is 1. The van der Waals surface area contributed by atoms with Crippen LogP contribution >= 0.6 is 12.2 Å². The summed E-state index contributed by atoms with van der Waals surface area (Å²) in [6.07, 6.45) is 0.986. The molecule has 3 nitrogen and oxygen atoms in total. The number of nitrogens with zero attached hydrogens (tertiary/aromatic N) is 1. The zero-order valence-electron chi connectivity index (χ0n) is 10.3. The second kappa shape index (κ2) is 4.63. The van der Waals surface area contributed by atoms with Crippen LogP contribution in [-0.2, 0) is 13.0 Å². The van der Waals surface area contributed by atoms with Crippen molar-refractivity contribution in [1.29, 1.82) is 0 Å². The Morgan fingerprint density at radius 2 is 2.11 bits per heavy atom. The fraction of sp³-hybridized carbons (Fsp3) is 0.286. The smallest absolute Gasteiger partial charge is 0.139 e. The maximum absolute atomic E-state index is 5.40. The lowest BCUT2D eigenvalue weighted by Gasteiger charge is -2.18. The van der Waals surface area contributed by atoms with Crippen LogP contribution in [0.2, 0.25) is 0 Å². The molecule has 4 heteroatoms. The highest BCUT2D eigenvalue weighted by Crippen LogP contribution is 2.22. The minimum atomic E-state index is 0.717. The van der Waals surface area contributed by atoms with E-state index in [4.69, 9.17) is 12.2 Å². The quantitative estimate of drug-likeness (QED) is 0.772. The lowest BCUT2D eigenvalue weighted by molar-refractivity contribution is 0.624. The Bertz CT molecular complexity index is 646. The van der Waals surface area contributed by atoms with Gasteiger partial charge in [0.05, 0.1) is 0 Å². The van der Waals surface area contributed by atoms with E-state index in [2.05, 4.69) is 34.3 Å². The average molecular weight is 257 g/mol. The molecule has 0 unspecified atom stereocenters. The summed E-state index contributed by atoms with van der Waals surface area (Å²) in [7, 11) is 0. The van der Waals surface area contributed by atoms with Gasteiger partial charge in [-0.25, -0.2) is 4.98 Å². The predicted molar refractivity (Wildman–Crippen MR) is 75.0 cm³/mol. The first-order valence-electron chi connectivity index (χ1n) is 6.14. The molecule has 2 N–H and O–H groups in total. The normalized spacial score (nSPS) is 14.3. The molecule has 1 aliphatic heterocycles. The minimum absolute atomic E-state index is 0.717. The Morgan fingerprint density at radius 1 is 1.28 bits per heavy atom. The molecule has 0 amide bonds. The van der Waals surface area contributed by atoms with Gasteiger partial charge in [-0.2, -0.15) is 0 Å². The van der Waals surface area contributed by atoms with Crippen molar-refractivity contribution in [3.63, 3.8) is 0 Å². The van der Waals surface area contributed by atoms with E-state index in [-0.39, 0.29) is 0 Å². The van der Waals surface area contributed by atoms with Crippen molar-refractivity contribution in [3.8, 4) is 11.4 Å². The third-order valence-corrected chi connectivity index (χ3v) is 3.70. The van der Waals surface area contributed by atoms with Crippen molar-refractivity contribution >= 4 is 12.2 Å². The first-order valence-corrected chi connectivity index (χ1v) is 6.55. The van der Waals surface area contributed by atoms with Crippen LogP contribution in [0.25, 0.3) is 11.4 Å². The first kappa shape index (κ1) is 11.6. The topological polar surface area (TPSA) is 40.7 Å². The van der Waals surface area contributed by atoms with E-state index in [1.165, 1.54) is 11.3 Å². The number of hydrogen-bond donors (Lipinski definition) is 2. The Kier molecular flexibility index (Phi) is 2.97. The maximum Gasteiger partial charge on any atom is 0.139 e. The molecule has 2 heterocycles. The largest absolute Gasteiger partial charge is 0.343 e. The SMILES string of the molecule is Cc1ccccc1-c1nc(=S)c2c([nH]1)CCNC2. The second-order valence-electron chi connectivity index (χ2n) is 4.59. The Balaban J connectivity index is 2.17.